The lowest BCUT2D eigenvalue weighted by molar-refractivity contribution is -0.143. The monoisotopic (exact) mass is 275 g/mol. The number of ether oxygens (including phenoxy) is 1. The van der Waals surface area contributed by atoms with E-state index < -0.39 is 21.8 Å². The quantitative estimate of drug-likeness (QED) is 0.699. The number of sulfone groups is 1. The molecule has 0 radical (unpaired) electrons. The molecule has 2 aliphatic rings. The predicted molar refractivity (Wildman–Crippen MR) is 67.9 cm³/mol. The summed E-state index contributed by atoms with van der Waals surface area (Å²) in [6, 6.07) is -0.828. The topological polar surface area (TPSA) is 72.5 Å². The lowest BCUT2D eigenvalue weighted by atomic mass is 9.79. The Morgan fingerprint density at radius 1 is 1.28 bits per heavy atom. The second kappa shape index (κ2) is 4.81. The molecule has 1 aliphatic heterocycles. The molecule has 1 aliphatic carbocycles. The highest BCUT2D eigenvalue weighted by Crippen LogP contribution is 2.36. The fourth-order valence-corrected chi connectivity index (χ4v) is 5.95. The van der Waals surface area contributed by atoms with Crippen LogP contribution in [0.15, 0.2) is 0 Å². The van der Waals surface area contributed by atoms with Crippen LogP contribution in [-0.2, 0) is 19.4 Å². The first kappa shape index (κ1) is 13.8. The molecule has 1 N–H and O–H groups in total. The molecule has 6 heteroatoms. The van der Waals surface area contributed by atoms with Gasteiger partial charge in [0.2, 0.25) is 0 Å². The summed E-state index contributed by atoms with van der Waals surface area (Å²) in [7, 11) is -1.94. The van der Waals surface area contributed by atoms with E-state index in [1.165, 1.54) is 7.11 Å². The van der Waals surface area contributed by atoms with Gasteiger partial charge in [-0.2, -0.15) is 0 Å². The van der Waals surface area contributed by atoms with Crippen LogP contribution in [0.25, 0.3) is 0 Å². The van der Waals surface area contributed by atoms with Crippen LogP contribution in [0.1, 0.15) is 26.7 Å². The Bertz CT molecular complexity index is 433. The number of methoxy groups -OCH3 is 1. The first-order chi connectivity index (χ1) is 8.35. The zero-order valence-corrected chi connectivity index (χ0v) is 11.9. The molecular weight excluding hydrogens is 254 g/mol. The number of hydrogen-bond acceptors (Lipinski definition) is 5. The van der Waals surface area contributed by atoms with Gasteiger partial charge in [-0.3, -0.25) is 10.1 Å². The van der Waals surface area contributed by atoms with Crippen LogP contribution < -0.4 is 5.32 Å². The Balaban J connectivity index is 2.25. The van der Waals surface area contributed by atoms with Crippen molar-refractivity contribution in [1.29, 1.82) is 0 Å². The van der Waals surface area contributed by atoms with Crippen molar-refractivity contribution in [2.75, 3.05) is 12.9 Å². The van der Waals surface area contributed by atoms with Gasteiger partial charge in [0, 0.05) is 6.04 Å². The van der Waals surface area contributed by atoms with Crippen molar-refractivity contribution in [2.45, 2.75) is 44.0 Å². The summed E-state index contributed by atoms with van der Waals surface area (Å²) in [6.07, 6.45) is 1.74. The van der Waals surface area contributed by atoms with E-state index in [0.717, 1.165) is 12.8 Å². The third-order valence-electron chi connectivity index (χ3n) is 4.10. The van der Waals surface area contributed by atoms with Crippen molar-refractivity contribution in [3.8, 4) is 0 Å². The Hall–Kier alpha value is -0.620. The van der Waals surface area contributed by atoms with Gasteiger partial charge in [-0.25, -0.2) is 8.42 Å². The van der Waals surface area contributed by atoms with E-state index in [1.807, 2.05) is 6.92 Å². The third kappa shape index (κ3) is 2.40. The van der Waals surface area contributed by atoms with Gasteiger partial charge < -0.3 is 4.74 Å². The molecule has 0 aromatic heterocycles. The van der Waals surface area contributed by atoms with Gasteiger partial charge in [0.05, 0.1) is 18.1 Å². The largest absolute Gasteiger partial charge is 0.468 e. The van der Waals surface area contributed by atoms with Crippen molar-refractivity contribution < 1.29 is 17.9 Å². The summed E-state index contributed by atoms with van der Waals surface area (Å²) in [5.74, 6) is 0.0117. The van der Waals surface area contributed by atoms with Crippen molar-refractivity contribution in [1.82, 2.24) is 5.32 Å². The zero-order chi connectivity index (χ0) is 13.5. The molecule has 0 spiro atoms. The maximum Gasteiger partial charge on any atom is 0.323 e. The SMILES string of the molecule is COC(=O)C1CS(=O)(=O)C2C(C)CC(C)CC2N1. The van der Waals surface area contributed by atoms with E-state index in [4.69, 9.17) is 0 Å². The average molecular weight is 275 g/mol. The summed E-state index contributed by atoms with van der Waals surface area (Å²) < 4.78 is 29.3. The second-order valence-corrected chi connectivity index (χ2v) is 7.90. The molecule has 1 heterocycles. The minimum absolute atomic E-state index is 0.119. The van der Waals surface area contributed by atoms with Gasteiger partial charge in [-0.05, 0) is 24.7 Å². The highest BCUT2D eigenvalue weighted by atomic mass is 32.2. The number of fused-ring (bicyclic) bond motifs is 1. The Morgan fingerprint density at radius 3 is 2.56 bits per heavy atom. The third-order valence-corrected chi connectivity index (χ3v) is 6.52. The standard InChI is InChI=1S/C12H21NO4S/c1-7-4-8(2)11-9(5-7)13-10(12(14)17-3)6-18(11,15)16/h7-11,13H,4-6H2,1-3H3. The fourth-order valence-electron chi connectivity index (χ4n) is 3.52. The van der Waals surface area contributed by atoms with Crippen LogP contribution in [-0.4, -0.2) is 44.6 Å². The molecule has 0 bridgehead atoms. The molecular formula is C12H21NO4S. The summed E-state index contributed by atoms with van der Waals surface area (Å²) in [6.45, 7) is 4.12. The molecule has 104 valence electrons. The minimum atomic E-state index is -3.22. The van der Waals surface area contributed by atoms with Crippen LogP contribution in [0.3, 0.4) is 0 Å². The van der Waals surface area contributed by atoms with Gasteiger partial charge in [0.1, 0.15) is 6.04 Å². The molecule has 1 saturated carbocycles. The van der Waals surface area contributed by atoms with Crippen LogP contribution in [0.2, 0.25) is 0 Å². The first-order valence-electron chi connectivity index (χ1n) is 6.40. The molecule has 5 atom stereocenters. The Kier molecular flexibility index (Phi) is 3.69. The first-order valence-corrected chi connectivity index (χ1v) is 8.12. The van der Waals surface area contributed by atoms with Gasteiger partial charge >= 0.3 is 5.97 Å². The summed E-state index contributed by atoms with van der Waals surface area (Å²) in [5, 5.41) is 2.82. The molecule has 0 amide bonds. The minimum Gasteiger partial charge on any atom is -0.468 e. The van der Waals surface area contributed by atoms with Crippen LogP contribution in [0.4, 0.5) is 0 Å². The smallest absolute Gasteiger partial charge is 0.323 e. The van der Waals surface area contributed by atoms with Crippen molar-refractivity contribution >= 4 is 15.8 Å². The molecule has 0 aromatic carbocycles. The average Bonchev–Trinajstić information content (AvgIpc) is 2.24. The van der Waals surface area contributed by atoms with Crippen LogP contribution >= 0.6 is 0 Å². The molecule has 2 rings (SSSR count). The van der Waals surface area contributed by atoms with E-state index in [-0.39, 0.29) is 23.0 Å². The van der Waals surface area contributed by atoms with Crippen molar-refractivity contribution in [2.24, 2.45) is 11.8 Å². The number of hydrogen-bond donors (Lipinski definition) is 1. The van der Waals surface area contributed by atoms with E-state index >= 15 is 0 Å². The maximum atomic E-state index is 12.3. The fraction of sp³-hybridized carbons (Fsp3) is 0.917. The molecule has 18 heavy (non-hydrogen) atoms. The maximum absolute atomic E-state index is 12.3. The van der Waals surface area contributed by atoms with Gasteiger partial charge in [-0.15, -0.1) is 0 Å². The molecule has 2 fully saturated rings. The van der Waals surface area contributed by atoms with Crippen LogP contribution in [0.5, 0.6) is 0 Å². The number of esters is 1. The van der Waals surface area contributed by atoms with Gasteiger partial charge in [0.25, 0.3) is 0 Å². The highest BCUT2D eigenvalue weighted by Gasteiger charge is 2.48. The van der Waals surface area contributed by atoms with Gasteiger partial charge in [0.15, 0.2) is 9.84 Å². The number of carbonyl (C=O) groups is 1. The van der Waals surface area contributed by atoms with E-state index in [1.54, 1.807) is 0 Å². The summed E-state index contributed by atoms with van der Waals surface area (Å²) >= 11 is 0. The highest BCUT2D eigenvalue weighted by molar-refractivity contribution is 7.92. The zero-order valence-electron chi connectivity index (χ0n) is 11.0. The van der Waals surface area contributed by atoms with E-state index in [9.17, 15) is 13.2 Å². The normalized spacial score (nSPS) is 42.9. The van der Waals surface area contributed by atoms with E-state index in [2.05, 4.69) is 17.0 Å². The summed E-state index contributed by atoms with van der Waals surface area (Å²) in [5.41, 5.74) is 0. The molecule has 5 unspecified atom stereocenters. The number of carbonyl (C=O) groups excluding carboxylic acids is 1. The summed E-state index contributed by atoms with van der Waals surface area (Å²) in [4.78, 5) is 11.5. The number of rotatable bonds is 1. The lowest BCUT2D eigenvalue weighted by Gasteiger charge is -2.44. The van der Waals surface area contributed by atoms with E-state index in [0.29, 0.717) is 5.92 Å². The lowest BCUT2D eigenvalue weighted by Crippen LogP contribution is -2.63. The molecule has 5 nitrogen and oxygen atoms in total. The Labute approximate surface area is 108 Å². The van der Waals surface area contributed by atoms with Crippen molar-refractivity contribution in [3.63, 3.8) is 0 Å². The second-order valence-electron chi connectivity index (χ2n) is 5.70. The molecule has 1 saturated heterocycles. The Morgan fingerprint density at radius 2 is 1.94 bits per heavy atom. The number of nitrogens with one attached hydrogen (secondary N) is 1. The van der Waals surface area contributed by atoms with Crippen LogP contribution in [0, 0.1) is 11.8 Å². The van der Waals surface area contributed by atoms with Crippen molar-refractivity contribution in [3.05, 3.63) is 0 Å². The van der Waals surface area contributed by atoms with Gasteiger partial charge in [-0.1, -0.05) is 13.8 Å². The molecule has 0 aromatic rings. The predicted octanol–water partition coefficient (Wildman–Crippen LogP) is 0.349.